The molecule has 104 valence electrons. The van der Waals surface area contributed by atoms with Crippen molar-refractivity contribution >= 4 is 28.4 Å². The van der Waals surface area contributed by atoms with E-state index in [9.17, 15) is 0 Å². The number of halogens is 1. The highest BCUT2D eigenvalue weighted by Gasteiger charge is 2.29. The smallest absolute Gasteiger partial charge is 0.165 e. The Morgan fingerprint density at radius 3 is 2.65 bits per heavy atom. The van der Waals surface area contributed by atoms with E-state index < -0.39 is 0 Å². The van der Waals surface area contributed by atoms with E-state index in [-0.39, 0.29) is 0 Å². The first kappa shape index (κ1) is 13.6. The molecule has 1 saturated carbocycles. The van der Waals surface area contributed by atoms with E-state index in [0.29, 0.717) is 5.92 Å². The molecule has 0 unspecified atom stereocenters. The molecule has 0 bridgehead atoms. The van der Waals surface area contributed by atoms with Gasteiger partial charge < -0.3 is 10.1 Å². The Kier molecular flexibility index (Phi) is 3.78. The van der Waals surface area contributed by atoms with E-state index in [0.717, 1.165) is 32.2 Å². The molecule has 0 spiro atoms. The summed E-state index contributed by atoms with van der Waals surface area (Å²) in [5, 5.41) is 3.17. The first-order valence-corrected chi connectivity index (χ1v) is 7.71. The molecule has 1 aliphatic carbocycles. The van der Waals surface area contributed by atoms with Gasteiger partial charge in [-0.1, -0.05) is 12.1 Å². The Bertz CT molecular complexity index is 641. The summed E-state index contributed by atoms with van der Waals surface area (Å²) in [6.45, 7) is 0. The van der Waals surface area contributed by atoms with Gasteiger partial charge in [-0.2, -0.15) is 0 Å². The second-order valence-electron chi connectivity index (χ2n) is 4.82. The van der Waals surface area contributed by atoms with Crippen LogP contribution in [0.1, 0.15) is 24.5 Å². The number of nitrogens with one attached hydrogen (secondary N) is 1. The van der Waals surface area contributed by atoms with Crippen LogP contribution in [-0.2, 0) is 0 Å². The van der Waals surface area contributed by atoms with Crippen molar-refractivity contribution in [2.75, 3.05) is 19.5 Å². The average Bonchev–Trinajstić information content (AvgIpc) is 3.32. The normalized spacial score (nSPS) is 14.2. The van der Waals surface area contributed by atoms with Gasteiger partial charge in [0.15, 0.2) is 5.82 Å². The first-order valence-electron chi connectivity index (χ1n) is 6.63. The number of para-hydroxylation sites is 1. The molecule has 0 radical (unpaired) electrons. The predicted octanol–water partition coefficient (Wildman–Crippen LogP) is 3.68. The molecule has 3 rings (SSSR count). The molecular weight excluding hydrogens is 365 g/mol. The van der Waals surface area contributed by atoms with E-state index in [1.54, 1.807) is 7.11 Å². The molecule has 1 fully saturated rings. The summed E-state index contributed by atoms with van der Waals surface area (Å²) in [6, 6.07) is 7.87. The Labute approximate surface area is 132 Å². The lowest BCUT2D eigenvalue weighted by atomic mass is 10.1. The van der Waals surface area contributed by atoms with Crippen LogP contribution >= 0.6 is 22.6 Å². The standard InChI is InChI=1S/C15H16IN3O/c1-17-15-12(16)13(9-7-8-9)18-14(19-15)10-5-3-4-6-11(10)20-2/h3-6,9H,7-8H2,1-2H3,(H,17,18,19). The molecule has 5 heteroatoms. The molecule has 0 aliphatic heterocycles. The Morgan fingerprint density at radius 2 is 2.00 bits per heavy atom. The molecule has 0 saturated heterocycles. The van der Waals surface area contributed by atoms with Gasteiger partial charge in [-0.15, -0.1) is 0 Å². The maximum Gasteiger partial charge on any atom is 0.165 e. The van der Waals surface area contributed by atoms with Gasteiger partial charge in [0.05, 0.1) is 21.9 Å². The fourth-order valence-corrected chi connectivity index (χ4v) is 3.16. The van der Waals surface area contributed by atoms with E-state index in [1.165, 1.54) is 12.8 Å². The van der Waals surface area contributed by atoms with Crippen molar-refractivity contribution in [3.8, 4) is 17.1 Å². The summed E-state index contributed by atoms with van der Waals surface area (Å²) in [5.41, 5.74) is 2.09. The van der Waals surface area contributed by atoms with Crippen molar-refractivity contribution < 1.29 is 4.74 Å². The van der Waals surface area contributed by atoms with Gasteiger partial charge >= 0.3 is 0 Å². The molecule has 1 aromatic carbocycles. The lowest BCUT2D eigenvalue weighted by molar-refractivity contribution is 0.416. The lowest BCUT2D eigenvalue weighted by Gasteiger charge is -2.12. The van der Waals surface area contributed by atoms with Crippen LogP contribution in [0.25, 0.3) is 11.4 Å². The minimum Gasteiger partial charge on any atom is -0.496 e. The van der Waals surface area contributed by atoms with Crippen molar-refractivity contribution in [2.24, 2.45) is 0 Å². The molecular formula is C15H16IN3O. The number of hydrogen-bond donors (Lipinski definition) is 1. The molecule has 2 aromatic rings. The van der Waals surface area contributed by atoms with Gasteiger partial charge in [0.1, 0.15) is 11.6 Å². The monoisotopic (exact) mass is 381 g/mol. The van der Waals surface area contributed by atoms with E-state index in [1.807, 2.05) is 31.3 Å². The van der Waals surface area contributed by atoms with Crippen molar-refractivity contribution in [1.82, 2.24) is 9.97 Å². The number of hydrogen-bond acceptors (Lipinski definition) is 4. The largest absolute Gasteiger partial charge is 0.496 e. The van der Waals surface area contributed by atoms with Crippen molar-refractivity contribution in [2.45, 2.75) is 18.8 Å². The molecule has 0 amide bonds. The molecule has 1 N–H and O–H groups in total. The summed E-state index contributed by atoms with van der Waals surface area (Å²) < 4.78 is 6.55. The van der Waals surface area contributed by atoms with Crippen LogP contribution in [0.4, 0.5) is 5.82 Å². The van der Waals surface area contributed by atoms with Crippen molar-refractivity contribution in [3.05, 3.63) is 33.5 Å². The predicted molar refractivity (Wildman–Crippen MR) is 88.3 cm³/mol. The van der Waals surface area contributed by atoms with Crippen molar-refractivity contribution in [3.63, 3.8) is 0 Å². The van der Waals surface area contributed by atoms with Crippen LogP contribution in [-0.4, -0.2) is 24.1 Å². The van der Waals surface area contributed by atoms with Gasteiger partial charge in [0.25, 0.3) is 0 Å². The van der Waals surface area contributed by atoms with Crippen LogP contribution < -0.4 is 10.1 Å². The summed E-state index contributed by atoms with van der Waals surface area (Å²) in [6.07, 6.45) is 2.45. The number of benzene rings is 1. The molecule has 4 nitrogen and oxygen atoms in total. The zero-order valence-corrected chi connectivity index (χ0v) is 13.6. The third-order valence-electron chi connectivity index (χ3n) is 3.43. The third kappa shape index (κ3) is 2.46. The number of ether oxygens (including phenoxy) is 1. The maximum atomic E-state index is 5.42. The zero-order valence-electron chi connectivity index (χ0n) is 11.5. The van der Waals surface area contributed by atoms with Crippen molar-refractivity contribution in [1.29, 1.82) is 0 Å². The SMILES string of the molecule is CNc1nc(-c2ccccc2OC)nc(C2CC2)c1I. The second kappa shape index (κ2) is 5.55. The summed E-state index contributed by atoms with van der Waals surface area (Å²) in [5.74, 6) is 3.01. The Balaban J connectivity index is 2.15. The fourth-order valence-electron chi connectivity index (χ4n) is 2.21. The van der Waals surface area contributed by atoms with E-state index >= 15 is 0 Å². The van der Waals surface area contributed by atoms with Crippen LogP contribution in [0, 0.1) is 3.57 Å². The number of aromatic nitrogens is 2. The molecule has 20 heavy (non-hydrogen) atoms. The fraction of sp³-hybridized carbons (Fsp3) is 0.333. The van der Waals surface area contributed by atoms with Crippen LogP contribution in [0.2, 0.25) is 0 Å². The topological polar surface area (TPSA) is 47.0 Å². The highest BCUT2D eigenvalue weighted by atomic mass is 127. The maximum absolute atomic E-state index is 5.42. The van der Waals surface area contributed by atoms with Gasteiger partial charge in [-0.25, -0.2) is 9.97 Å². The number of rotatable bonds is 4. The van der Waals surface area contributed by atoms with Crippen LogP contribution in [0.15, 0.2) is 24.3 Å². The first-order chi connectivity index (χ1) is 9.74. The van der Waals surface area contributed by atoms with E-state index in [4.69, 9.17) is 9.72 Å². The van der Waals surface area contributed by atoms with Gasteiger partial charge in [-0.3, -0.25) is 0 Å². The zero-order chi connectivity index (χ0) is 14.1. The number of anilines is 1. The number of nitrogens with zero attached hydrogens (tertiary/aromatic N) is 2. The lowest BCUT2D eigenvalue weighted by Crippen LogP contribution is -2.05. The summed E-state index contributed by atoms with van der Waals surface area (Å²) in [4.78, 5) is 9.41. The second-order valence-corrected chi connectivity index (χ2v) is 5.90. The quantitative estimate of drug-likeness (QED) is 0.821. The van der Waals surface area contributed by atoms with E-state index in [2.05, 4.69) is 32.9 Å². The third-order valence-corrected chi connectivity index (χ3v) is 4.49. The minimum absolute atomic E-state index is 0.588. The highest BCUT2D eigenvalue weighted by Crippen LogP contribution is 2.43. The molecule has 1 aromatic heterocycles. The number of methoxy groups -OCH3 is 1. The Morgan fingerprint density at radius 1 is 1.25 bits per heavy atom. The summed E-state index contributed by atoms with van der Waals surface area (Å²) in [7, 11) is 3.57. The average molecular weight is 381 g/mol. The highest BCUT2D eigenvalue weighted by molar-refractivity contribution is 14.1. The van der Waals surface area contributed by atoms with Gasteiger partial charge in [-0.05, 0) is 47.6 Å². The molecule has 1 heterocycles. The van der Waals surface area contributed by atoms with Crippen LogP contribution in [0.5, 0.6) is 5.75 Å². The summed E-state index contributed by atoms with van der Waals surface area (Å²) >= 11 is 2.33. The van der Waals surface area contributed by atoms with Gasteiger partial charge in [0.2, 0.25) is 0 Å². The van der Waals surface area contributed by atoms with Gasteiger partial charge in [0, 0.05) is 13.0 Å². The minimum atomic E-state index is 0.588. The molecule has 1 aliphatic rings. The van der Waals surface area contributed by atoms with Crippen LogP contribution in [0.3, 0.4) is 0 Å². The Hall–Kier alpha value is -1.37. The molecule has 0 atom stereocenters.